The van der Waals surface area contributed by atoms with Crippen molar-refractivity contribution in [2.75, 3.05) is 0 Å². The van der Waals surface area contributed by atoms with Crippen molar-refractivity contribution < 1.29 is 13.6 Å². The topological polar surface area (TPSA) is 48.0 Å². The highest BCUT2D eigenvalue weighted by Crippen LogP contribution is 2.33. The van der Waals surface area contributed by atoms with Crippen LogP contribution in [-0.4, -0.2) is 10.5 Å². The molecule has 0 spiro atoms. The third kappa shape index (κ3) is 2.44. The van der Waals surface area contributed by atoms with E-state index in [0.29, 0.717) is 5.56 Å². The minimum absolute atomic E-state index is 0.148. The third-order valence-corrected chi connectivity index (χ3v) is 4.67. The highest BCUT2D eigenvalue weighted by Gasteiger charge is 2.18. The van der Waals surface area contributed by atoms with Crippen molar-refractivity contribution >= 4 is 27.7 Å². The van der Waals surface area contributed by atoms with Crippen LogP contribution in [0.4, 0.5) is 8.78 Å². The lowest BCUT2D eigenvalue weighted by atomic mass is 10.1. The Morgan fingerprint density at radius 1 is 1.04 bits per heavy atom. The van der Waals surface area contributed by atoms with Crippen molar-refractivity contribution in [2.24, 2.45) is 5.73 Å². The number of primary amides is 1. The number of amides is 1. The van der Waals surface area contributed by atoms with Crippen molar-refractivity contribution in [2.45, 2.75) is 13.5 Å². The Balaban J connectivity index is 2.07. The van der Waals surface area contributed by atoms with Gasteiger partial charge in [0.15, 0.2) is 11.6 Å². The van der Waals surface area contributed by atoms with Gasteiger partial charge in [0.1, 0.15) is 0 Å². The Morgan fingerprint density at radius 2 is 1.81 bits per heavy atom. The number of carbonyl (C=O) groups is 1. The molecule has 0 atom stereocenters. The largest absolute Gasteiger partial charge is 0.366 e. The van der Waals surface area contributed by atoms with Crippen LogP contribution in [0.1, 0.15) is 21.5 Å². The summed E-state index contributed by atoms with van der Waals surface area (Å²) in [6.07, 6.45) is 0. The van der Waals surface area contributed by atoms with Gasteiger partial charge in [0.05, 0.1) is 12.1 Å². The zero-order valence-corrected chi connectivity index (χ0v) is 14.1. The quantitative estimate of drug-likeness (QED) is 0.580. The second kappa shape index (κ2) is 5.95. The molecule has 0 aliphatic carbocycles. The summed E-state index contributed by atoms with van der Waals surface area (Å²) in [7, 11) is 0. The van der Waals surface area contributed by atoms with Crippen molar-refractivity contribution in [3.05, 3.63) is 82.9 Å². The van der Waals surface area contributed by atoms with Crippen LogP contribution < -0.4 is 5.73 Å². The van der Waals surface area contributed by atoms with Crippen molar-refractivity contribution in [3.8, 4) is 0 Å². The van der Waals surface area contributed by atoms with E-state index < -0.39 is 17.5 Å². The fraction of sp³-hybridized carbons (Fsp3) is 0.0952. The fourth-order valence-corrected chi connectivity index (χ4v) is 3.47. The zero-order chi connectivity index (χ0) is 18.4. The second-order valence-electron chi connectivity index (χ2n) is 6.38. The minimum atomic E-state index is -0.878. The maximum atomic E-state index is 14.2. The molecule has 3 aromatic carbocycles. The van der Waals surface area contributed by atoms with Gasteiger partial charge in [-0.1, -0.05) is 30.3 Å². The molecule has 3 nitrogen and oxygen atoms in total. The second-order valence-corrected chi connectivity index (χ2v) is 6.38. The Kier molecular flexibility index (Phi) is 3.72. The smallest absolute Gasteiger partial charge is 0.249 e. The van der Waals surface area contributed by atoms with Gasteiger partial charge in [-0.25, -0.2) is 8.78 Å². The van der Waals surface area contributed by atoms with Crippen molar-refractivity contribution in [1.82, 2.24) is 4.57 Å². The Bertz CT molecular complexity index is 1180. The van der Waals surface area contributed by atoms with Crippen LogP contribution >= 0.6 is 0 Å². The predicted molar refractivity (Wildman–Crippen MR) is 98.2 cm³/mol. The summed E-state index contributed by atoms with van der Waals surface area (Å²) < 4.78 is 29.7. The van der Waals surface area contributed by atoms with Gasteiger partial charge in [0, 0.05) is 27.4 Å². The SMILES string of the molecule is Cc1ccc2c3c(C(N)=O)cccc3n(Cc3cccc(F)c3F)c2c1. The van der Waals surface area contributed by atoms with Gasteiger partial charge in [0.2, 0.25) is 5.91 Å². The number of hydrogen-bond donors (Lipinski definition) is 1. The maximum absolute atomic E-state index is 14.2. The number of halogens is 2. The number of aromatic nitrogens is 1. The summed E-state index contributed by atoms with van der Waals surface area (Å²) in [5.41, 5.74) is 8.84. The van der Waals surface area contributed by atoms with Gasteiger partial charge in [0.25, 0.3) is 0 Å². The normalized spacial score (nSPS) is 11.3. The van der Waals surface area contributed by atoms with Crippen LogP contribution in [-0.2, 0) is 6.54 Å². The van der Waals surface area contributed by atoms with Gasteiger partial charge >= 0.3 is 0 Å². The van der Waals surface area contributed by atoms with E-state index in [4.69, 9.17) is 5.73 Å². The number of hydrogen-bond acceptors (Lipinski definition) is 1. The van der Waals surface area contributed by atoms with E-state index in [0.717, 1.165) is 33.4 Å². The molecule has 0 aliphatic rings. The average Bonchev–Trinajstić information content (AvgIpc) is 2.92. The molecule has 0 bridgehead atoms. The summed E-state index contributed by atoms with van der Waals surface area (Å²) >= 11 is 0. The molecule has 1 amide bonds. The first-order chi connectivity index (χ1) is 12.5. The first kappa shape index (κ1) is 16.3. The van der Waals surface area contributed by atoms with E-state index in [1.54, 1.807) is 18.2 Å². The van der Waals surface area contributed by atoms with E-state index >= 15 is 0 Å². The summed E-state index contributed by atoms with van der Waals surface area (Å²) in [5, 5.41) is 1.59. The molecule has 0 radical (unpaired) electrons. The Morgan fingerprint density at radius 3 is 2.58 bits per heavy atom. The Labute approximate surface area is 148 Å². The number of rotatable bonds is 3. The molecule has 26 heavy (non-hydrogen) atoms. The molecule has 0 unspecified atom stereocenters. The van der Waals surface area contributed by atoms with Crippen LogP contribution in [0.2, 0.25) is 0 Å². The van der Waals surface area contributed by atoms with Crippen molar-refractivity contribution in [3.63, 3.8) is 0 Å². The van der Waals surface area contributed by atoms with Gasteiger partial charge in [-0.15, -0.1) is 0 Å². The van der Waals surface area contributed by atoms with Crippen LogP contribution in [0, 0.1) is 18.6 Å². The van der Waals surface area contributed by atoms with Crippen molar-refractivity contribution in [1.29, 1.82) is 0 Å². The van der Waals surface area contributed by atoms with Crippen LogP contribution in [0.3, 0.4) is 0 Å². The predicted octanol–water partition coefficient (Wildman–Crippen LogP) is 4.53. The number of aryl methyl sites for hydroxylation is 1. The van der Waals surface area contributed by atoms with Crippen LogP contribution in [0.15, 0.2) is 54.6 Å². The van der Waals surface area contributed by atoms with Gasteiger partial charge in [-0.05, 0) is 36.8 Å². The summed E-state index contributed by atoms with van der Waals surface area (Å²) in [6.45, 7) is 2.11. The fourth-order valence-electron chi connectivity index (χ4n) is 3.47. The molecule has 0 fully saturated rings. The van der Waals surface area contributed by atoms with E-state index in [1.807, 2.05) is 35.8 Å². The summed E-state index contributed by atoms with van der Waals surface area (Å²) in [6, 6.07) is 15.3. The number of benzene rings is 3. The number of nitrogens with two attached hydrogens (primary N) is 1. The lowest BCUT2D eigenvalue weighted by molar-refractivity contribution is 0.100. The van der Waals surface area contributed by atoms with E-state index in [9.17, 15) is 13.6 Å². The first-order valence-corrected chi connectivity index (χ1v) is 8.21. The molecule has 0 saturated heterocycles. The molecule has 130 valence electrons. The molecule has 2 N–H and O–H groups in total. The molecule has 5 heteroatoms. The number of fused-ring (bicyclic) bond motifs is 3. The molecular weight excluding hydrogens is 334 g/mol. The molecule has 4 aromatic rings. The minimum Gasteiger partial charge on any atom is -0.366 e. The lowest BCUT2D eigenvalue weighted by Gasteiger charge is -2.10. The molecule has 4 rings (SSSR count). The third-order valence-electron chi connectivity index (χ3n) is 4.67. The summed E-state index contributed by atoms with van der Waals surface area (Å²) in [5.74, 6) is -2.26. The standard InChI is InChI=1S/C21H16F2N2O/c1-12-8-9-14-18(10-12)25(11-13-4-2-6-16(22)20(13)23)17-7-3-5-15(19(14)17)21(24)26/h2-10H,11H2,1H3,(H2,24,26). The van der Waals surface area contributed by atoms with Gasteiger partial charge in [-0.3, -0.25) is 4.79 Å². The zero-order valence-electron chi connectivity index (χ0n) is 14.1. The van der Waals surface area contributed by atoms with Crippen LogP contribution in [0.25, 0.3) is 21.8 Å². The molecule has 0 aliphatic heterocycles. The lowest BCUT2D eigenvalue weighted by Crippen LogP contribution is -2.11. The first-order valence-electron chi connectivity index (χ1n) is 8.21. The molecule has 1 heterocycles. The van der Waals surface area contributed by atoms with Gasteiger partial charge in [-0.2, -0.15) is 0 Å². The molecule has 1 aromatic heterocycles. The highest BCUT2D eigenvalue weighted by atomic mass is 19.2. The highest BCUT2D eigenvalue weighted by molar-refractivity contribution is 6.17. The molecular formula is C21H16F2N2O. The summed E-state index contributed by atoms with van der Waals surface area (Å²) in [4.78, 5) is 11.9. The maximum Gasteiger partial charge on any atom is 0.249 e. The van der Waals surface area contributed by atoms with E-state index in [2.05, 4.69) is 0 Å². The average molecular weight is 350 g/mol. The number of carbonyl (C=O) groups excluding carboxylic acids is 1. The van der Waals surface area contributed by atoms with E-state index in [1.165, 1.54) is 6.07 Å². The molecule has 0 saturated carbocycles. The monoisotopic (exact) mass is 350 g/mol. The Hall–Kier alpha value is -3.21. The number of nitrogens with zero attached hydrogens (tertiary/aromatic N) is 1. The van der Waals surface area contributed by atoms with Gasteiger partial charge < -0.3 is 10.3 Å². The van der Waals surface area contributed by atoms with Crippen LogP contribution in [0.5, 0.6) is 0 Å². The van der Waals surface area contributed by atoms with E-state index in [-0.39, 0.29) is 12.1 Å².